The van der Waals surface area contributed by atoms with Crippen LogP contribution in [-0.4, -0.2) is 55.6 Å². The number of carbonyl (C=O) groups is 3. The molecule has 1 aliphatic heterocycles. The first kappa shape index (κ1) is 20.0. The van der Waals surface area contributed by atoms with E-state index in [1.54, 1.807) is 36.1 Å². The Morgan fingerprint density at radius 3 is 2.77 bits per heavy atom. The highest BCUT2D eigenvalue weighted by Gasteiger charge is 2.24. The van der Waals surface area contributed by atoms with Gasteiger partial charge in [0.1, 0.15) is 6.54 Å². The molecule has 1 aromatic rings. The number of rotatable bonds is 6. The Morgan fingerprint density at radius 1 is 1.27 bits per heavy atom. The van der Waals surface area contributed by atoms with E-state index < -0.39 is 5.97 Å². The fraction of sp³-hybridized carbons (Fsp3) is 0.500. The van der Waals surface area contributed by atoms with Crippen molar-refractivity contribution in [1.29, 1.82) is 0 Å². The molecule has 0 unspecified atom stereocenters. The molecule has 26 heavy (non-hydrogen) atoms. The predicted octanol–water partition coefficient (Wildman–Crippen LogP) is 2.05. The lowest BCUT2D eigenvalue weighted by molar-refractivity contribution is -0.141. The molecule has 1 fully saturated rings. The average Bonchev–Trinajstić information content (AvgIpc) is 2.65. The van der Waals surface area contributed by atoms with Gasteiger partial charge in [-0.2, -0.15) is 0 Å². The Balaban J connectivity index is 1.79. The number of nitrogens with zero attached hydrogens (tertiary/aromatic N) is 1. The number of piperidine rings is 1. The number of carbonyl (C=O) groups excluding carboxylic acids is 3. The lowest BCUT2D eigenvalue weighted by Crippen LogP contribution is -2.48. The van der Waals surface area contributed by atoms with Crippen LogP contribution in [-0.2, 0) is 9.53 Å². The zero-order chi connectivity index (χ0) is 18.9. The number of amides is 3. The van der Waals surface area contributed by atoms with E-state index in [-0.39, 0.29) is 31.0 Å². The number of halogens is 1. The molecule has 0 saturated carbocycles. The molecular weight excluding hydrogens is 358 g/mol. The van der Waals surface area contributed by atoms with Gasteiger partial charge in [0.25, 0.3) is 5.91 Å². The van der Waals surface area contributed by atoms with Crippen LogP contribution in [0, 0.1) is 5.92 Å². The van der Waals surface area contributed by atoms with Crippen molar-refractivity contribution in [2.75, 3.05) is 32.8 Å². The Bertz CT molecular complexity index is 653. The average molecular weight is 382 g/mol. The molecule has 0 radical (unpaired) electrons. The minimum atomic E-state index is -0.457. The van der Waals surface area contributed by atoms with Crippen molar-refractivity contribution in [3.05, 3.63) is 34.9 Å². The second-order valence-corrected chi connectivity index (χ2v) is 6.52. The number of hydrogen-bond acceptors (Lipinski definition) is 4. The maximum Gasteiger partial charge on any atom is 0.325 e. The topological polar surface area (TPSA) is 87.7 Å². The molecule has 1 aliphatic rings. The van der Waals surface area contributed by atoms with Gasteiger partial charge in [0.15, 0.2) is 0 Å². The summed E-state index contributed by atoms with van der Waals surface area (Å²) in [5, 5.41) is 5.85. The summed E-state index contributed by atoms with van der Waals surface area (Å²) >= 11 is 6.03. The molecule has 0 spiro atoms. The number of esters is 1. The van der Waals surface area contributed by atoms with E-state index in [1.165, 1.54) is 0 Å². The van der Waals surface area contributed by atoms with Gasteiger partial charge >= 0.3 is 12.0 Å². The summed E-state index contributed by atoms with van der Waals surface area (Å²) in [6, 6.07) is 6.59. The van der Waals surface area contributed by atoms with E-state index in [1.807, 2.05) is 0 Å². The summed E-state index contributed by atoms with van der Waals surface area (Å²) in [6.45, 7) is 3.47. The summed E-state index contributed by atoms with van der Waals surface area (Å²) in [6.07, 6.45) is 1.77. The van der Waals surface area contributed by atoms with Crippen LogP contribution in [0.4, 0.5) is 4.79 Å². The van der Waals surface area contributed by atoms with Crippen LogP contribution in [0.1, 0.15) is 30.1 Å². The first-order valence-corrected chi connectivity index (χ1v) is 9.10. The van der Waals surface area contributed by atoms with Crippen molar-refractivity contribution in [3.8, 4) is 0 Å². The number of benzene rings is 1. The van der Waals surface area contributed by atoms with Crippen LogP contribution in [0.5, 0.6) is 0 Å². The lowest BCUT2D eigenvalue weighted by atomic mass is 9.98. The molecule has 8 heteroatoms. The number of urea groups is 1. The fourth-order valence-electron chi connectivity index (χ4n) is 2.87. The van der Waals surface area contributed by atoms with E-state index in [0.29, 0.717) is 30.2 Å². The monoisotopic (exact) mass is 381 g/mol. The number of nitrogens with one attached hydrogen (secondary N) is 2. The fourth-order valence-corrected chi connectivity index (χ4v) is 3.09. The summed E-state index contributed by atoms with van der Waals surface area (Å²) in [4.78, 5) is 37.4. The van der Waals surface area contributed by atoms with Gasteiger partial charge in [-0.15, -0.1) is 0 Å². The molecule has 7 nitrogen and oxygen atoms in total. The van der Waals surface area contributed by atoms with E-state index in [9.17, 15) is 14.4 Å². The molecule has 3 amide bonds. The molecule has 1 saturated heterocycles. The highest BCUT2D eigenvalue weighted by Crippen LogP contribution is 2.17. The minimum Gasteiger partial charge on any atom is -0.465 e. The molecule has 142 valence electrons. The third-order valence-electron chi connectivity index (χ3n) is 4.17. The van der Waals surface area contributed by atoms with Crippen molar-refractivity contribution < 1.29 is 19.1 Å². The first-order chi connectivity index (χ1) is 12.5. The lowest BCUT2D eigenvalue weighted by Gasteiger charge is -2.32. The molecule has 1 aromatic carbocycles. The van der Waals surface area contributed by atoms with Gasteiger partial charge in [0.2, 0.25) is 0 Å². The maximum atomic E-state index is 12.2. The molecule has 2 N–H and O–H groups in total. The van der Waals surface area contributed by atoms with E-state index >= 15 is 0 Å². The van der Waals surface area contributed by atoms with E-state index in [4.69, 9.17) is 16.3 Å². The molecule has 1 atom stereocenters. The van der Waals surface area contributed by atoms with E-state index in [2.05, 4.69) is 10.6 Å². The SMILES string of the molecule is CCOC(=O)CNC(=O)N1CCC[C@H](CNC(=O)c2ccccc2Cl)C1. The van der Waals surface area contributed by atoms with Gasteiger partial charge in [-0.25, -0.2) is 4.79 Å². The van der Waals surface area contributed by atoms with Gasteiger partial charge in [-0.1, -0.05) is 23.7 Å². The van der Waals surface area contributed by atoms with Crippen LogP contribution in [0.2, 0.25) is 5.02 Å². The normalized spacial score (nSPS) is 16.7. The van der Waals surface area contributed by atoms with Gasteiger partial charge in [-0.05, 0) is 37.8 Å². The zero-order valence-electron chi connectivity index (χ0n) is 14.8. The summed E-state index contributed by atoms with van der Waals surface area (Å²) in [7, 11) is 0. The Hall–Kier alpha value is -2.28. The van der Waals surface area contributed by atoms with Gasteiger partial charge in [0.05, 0.1) is 17.2 Å². The first-order valence-electron chi connectivity index (χ1n) is 8.72. The second kappa shape index (κ2) is 10.0. The van der Waals surface area contributed by atoms with Crippen molar-refractivity contribution in [2.24, 2.45) is 5.92 Å². The van der Waals surface area contributed by atoms with Crippen LogP contribution in [0.25, 0.3) is 0 Å². The van der Waals surface area contributed by atoms with Crippen LogP contribution in [0.15, 0.2) is 24.3 Å². The van der Waals surface area contributed by atoms with Crippen molar-refractivity contribution >= 4 is 29.5 Å². The molecular formula is C18H24ClN3O4. The van der Waals surface area contributed by atoms with Gasteiger partial charge in [-0.3, -0.25) is 9.59 Å². The highest BCUT2D eigenvalue weighted by atomic mass is 35.5. The largest absolute Gasteiger partial charge is 0.465 e. The predicted molar refractivity (Wildman–Crippen MR) is 98.1 cm³/mol. The van der Waals surface area contributed by atoms with Crippen LogP contribution < -0.4 is 10.6 Å². The summed E-state index contributed by atoms with van der Waals surface area (Å²) in [5.74, 6) is -0.524. The molecule has 0 bridgehead atoms. The van der Waals surface area contributed by atoms with Gasteiger partial charge < -0.3 is 20.3 Å². The maximum absolute atomic E-state index is 12.2. The van der Waals surface area contributed by atoms with Gasteiger partial charge in [0, 0.05) is 19.6 Å². The third-order valence-corrected chi connectivity index (χ3v) is 4.49. The molecule has 1 heterocycles. The second-order valence-electron chi connectivity index (χ2n) is 6.11. The number of likely N-dealkylation sites (tertiary alicyclic amines) is 1. The Morgan fingerprint density at radius 2 is 2.04 bits per heavy atom. The van der Waals surface area contributed by atoms with Crippen LogP contribution >= 0.6 is 11.6 Å². The van der Waals surface area contributed by atoms with Crippen molar-refractivity contribution in [3.63, 3.8) is 0 Å². The summed E-state index contributed by atoms with van der Waals surface area (Å²) in [5.41, 5.74) is 0.439. The quantitative estimate of drug-likeness (QED) is 0.738. The zero-order valence-corrected chi connectivity index (χ0v) is 15.6. The third kappa shape index (κ3) is 5.91. The standard InChI is InChI=1S/C18H24ClN3O4/c1-2-26-16(23)11-21-18(25)22-9-5-6-13(12-22)10-20-17(24)14-7-3-4-8-15(14)19/h3-4,7-8,13H,2,5-6,9-12H2,1H3,(H,20,24)(H,21,25)/t13-/m1/s1. The highest BCUT2D eigenvalue weighted by molar-refractivity contribution is 6.33. The molecule has 2 rings (SSSR count). The van der Waals surface area contributed by atoms with E-state index in [0.717, 1.165) is 12.8 Å². The van der Waals surface area contributed by atoms with Crippen molar-refractivity contribution in [1.82, 2.24) is 15.5 Å². The van der Waals surface area contributed by atoms with Crippen molar-refractivity contribution in [2.45, 2.75) is 19.8 Å². The minimum absolute atomic E-state index is 0.142. The van der Waals surface area contributed by atoms with Crippen LogP contribution in [0.3, 0.4) is 0 Å². The number of hydrogen-bond donors (Lipinski definition) is 2. The smallest absolute Gasteiger partial charge is 0.325 e. The summed E-state index contributed by atoms with van der Waals surface area (Å²) < 4.78 is 4.79. The molecule has 0 aromatic heterocycles. The number of ether oxygens (including phenoxy) is 1. The Labute approximate surface area is 158 Å². The Kier molecular flexibility index (Phi) is 7.72. The molecule has 0 aliphatic carbocycles.